The Kier molecular flexibility index (Phi) is 4.73. The van der Waals surface area contributed by atoms with E-state index < -0.39 is 0 Å². The van der Waals surface area contributed by atoms with E-state index >= 15 is 0 Å². The summed E-state index contributed by atoms with van der Waals surface area (Å²) in [6, 6.07) is 7.34. The highest BCUT2D eigenvalue weighted by Crippen LogP contribution is 2.41. The van der Waals surface area contributed by atoms with E-state index in [9.17, 15) is 0 Å². The van der Waals surface area contributed by atoms with E-state index in [1.807, 2.05) is 18.2 Å². The van der Waals surface area contributed by atoms with Crippen LogP contribution in [0.3, 0.4) is 0 Å². The highest BCUT2D eigenvalue weighted by atomic mass is 79.9. The summed E-state index contributed by atoms with van der Waals surface area (Å²) in [5.41, 5.74) is 7.11. The van der Waals surface area contributed by atoms with Gasteiger partial charge in [0.15, 0.2) is 0 Å². The zero-order chi connectivity index (χ0) is 14.0. The van der Waals surface area contributed by atoms with E-state index in [0.717, 1.165) is 14.2 Å². The standard InChI is InChI=1S/C13H13BrClNO2S/c1-17-8-4-3-7(13(18-2)11(8)15)12(16)9-5-6-10(14)19-9/h3-6,12H,16H2,1-2H3. The van der Waals surface area contributed by atoms with Gasteiger partial charge in [-0.15, -0.1) is 11.3 Å². The van der Waals surface area contributed by atoms with E-state index in [1.54, 1.807) is 31.6 Å². The lowest BCUT2D eigenvalue weighted by atomic mass is 10.0. The molecule has 0 spiro atoms. The van der Waals surface area contributed by atoms with Crippen molar-refractivity contribution < 1.29 is 9.47 Å². The third-order valence-electron chi connectivity index (χ3n) is 2.75. The van der Waals surface area contributed by atoms with Crippen LogP contribution in [-0.2, 0) is 0 Å². The van der Waals surface area contributed by atoms with Gasteiger partial charge in [0.25, 0.3) is 0 Å². The van der Waals surface area contributed by atoms with Crippen molar-refractivity contribution in [3.05, 3.63) is 43.5 Å². The Morgan fingerprint density at radius 1 is 1.21 bits per heavy atom. The Morgan fingerprint density at radius 3 is 2.47 bits per heavy atom. The molecule has 0 saturated carbocycles. The van der Waals surface area contributed by atoms with E-state index in [0.29, 0.717) is 16.5 Å². The molecule has 1 unspecified atom stereocenters. The Hall–Kier alpha value is -0.750. The number of rotatable bonds is 4. The molecule has 1 aromatic carbocycles. The number of hydrogen-bond donors (Lipinski definition) is 1. The second kappa shape index (κ2) is 6.13. The minimum Gasteiger partial charge on any atom is -0.495 e. The number of benzene rings is 1. The smallest absolute Gasteiger partial charge is 0.146 e. The van der Waals surface area contributed by atoms with Crippen LogP contribution in [0.2, 0.25) is 5.02 Å². The number of halogens is 2. The first kappa shape index (κ1) is 14.7. The van der Waals surface area contributed by atoms with Crippen LogP contribution in [0, 0.1) is 0 Å². The third kappa shape index (κ3) is 2.89. The zero-order valence-electron chi connectivity index (χ0n) is 10.4. The van der Waals surface area contributed by atoms with Crippen LogP contribution in [0.1, 0.15) is 16.5 Å². The molecule has 0 amide bonds. The fraction of sp³-hybridized carbons (Fsp3) is 0.231. The lowest BCUT2D eigenvalue weighted by molar-refractivity contribution is 0.390. The van der Waals surface area contributed by atoms with Crippen LogP contribution in [0.4, 0.5) is 0 Å². The molecular weight excluding hydrogens is 350 g/mol. The van der Waals surface area contributed by atoms with Crippen LogP contribution < -0.4 is 15.2 Å². The summed E-state index contributed by atoms with van der Waals surface area (Å²) < 4.78 is 11.6. The highest BCUT2D eigenvalue weighted by Gasteiger charge is 2.20. The van der Waals surface area contributed by atoms with Crippen molar-refractivity contribution in [2.75, 3.05) is 14.2 Å². The third-order valence-corrected chi connectivity index (χ3v) is 4.82. The monoisotopic (exact) mass is 361 g/mol. The second-order valence-corrected chi connectivity index (χ2v) is 6.70. The topological polar surface area (TPSA) is 44.5 Å². The van der Waals surface area contributed by atoms with Crippen LogP contribution in [0.5, 0.6) is 11.5 Å². The molecule has 6 heteroatoms. The molecule has 0 fully saturated rings. The largest absolute Gasteiger partial charge is 0.495 e. The van der Waals surface area contributed by atoms with Gasteiger partial charge in [0, 0.05) is 10.4 Å². The molecule has 2 rings (SSSR count). The fourth-order valence-electron chi connectivity index (χ4n) is 1.81. The van der Waals surface area contributed by atoms with E-state index in [4.69, 9.17) is 26.8 Å². The quantitative estimate of drug-likeness (QED) is 0.885. The number of hydrogen-bond acceptors (Lipinski definition) is 4. The Morgan fingerprint density at radius 2 is 1.95 bits per heavy atom. The average molecular weight is 363 g/mol. The second-order valence-electron chi connectivity index (χ2n) is 3.82. The summed E-state index contributed by atoms with van der Waals surface area (Å²) in [6.07, 6.45) is 0. The Labute approximate surface area is 129 Å². The SMILES string of the molecule is COc1ccc(C(N)c2ccc(Br)s2)c(OC)c1Cl. The molecule has 3 nitrogen and oxygen atoms in total. The van der Waals surface area contributed by atoms with Gasteiger partial charge in [0.2, 0.25) is 0 Å². The van der Waals surface area contributed by atoms with Gasteiger partial charge in [-0.2, -0.15) is 0 Å². The summed E-state index contributed by atoms with van der Waals surface area (Å²) in [7, 11) is 3.14. The Balaban J connectivity index is 2.47. The van der Waals surface area contributed by atoms with Gasteiger partial charge >= 0.3 is 0 Å². The lowest BCUT2D eigenvalue weighted by Crippen LogP contribution is -2.12. The Bertz CT molecular complexity index is 588. The summed E-state index contributed by atoms with van der Waals surface area (Å²) in [6.45, 7) is 0. The van der Waals surface area contributed by atoms with Crippen molar-refractivity contribution in [1.29, 1.82) is 0 Å². The van der Waals surface area contributed by atoms with Crippen molar-refractivity contribution in [3.8, 4) is 11.5 Å². The van der Waals surface area contributed by atoms with Crippen molar-refractivity contribution in [2.45, 2.75) is 6.04 Å². The number of methoxy groups -OCH3 is 2. The maximum absolute atomic E-state index is 6.28. The minimum atomic E-state index is -0.283. The highest BCUT2D eigenvalue weighted by molar-refractivity contribution is 9.11. The summed E-state index contributed by atoms with van der Waals surface area (Å²) in [4.78, 5) is 1.03. The molecule has 1 aromatic heterocycles. The average Bonchev–Trinajstić information content (AvgIpc) is 2.84. The number of thiophene rings is 1. The molecule has 0 radical (unpaired) electrons. The first-order valence-corrected chi connectivity index (χ1v) is 7.48. The van der Waals surface area contributed by atoms with Crippen LogP contribution >= 0.6 is 38.9 Å². The van der Waals surface area contributed by atoms with Gasteiger partial charge < -0.3 is 15.2 Å². The van der Waals surface area contributed by atoms with Crippen molar-refractivity contribution in [2.24, 2.45) is 5.73 Å². The lowest BCUT2D eigenvalue weighted by Gasteiger charge is -2.17. The van der Waals surface area contributed by atoms with Crippen molar-refractivity contribution in [1.82, 2.24) is 0 Å². The molecular formula is C13H13BrClNO2S. The zero-order valence-corrected chi connectivity index (χ0v) is 13.6. The molecule has 1 atom stereocenters. The summed E-state index contributed by atoms with van der Waals surface area (Å²) >= 11 is 11.3. The number of ether oxygens (including phenoxy) is 2. The first-order valence-electron chi connectivity index (χ1n) is 5.49. The van der Waals surface area contributed by atoms with E-state index in [-0.39, 0.29) is 6.04 Å². The number of nitrogens with two attached hydrogens (primary N) is 1. The maximum atomic E-state index is 6.28. The minimum absolute atomic E-state index is 0.283. The molecule has 19 heavy (non-hydrogen) atoms. The first-order chi connectivity index (χ1) is 9.08. The van der Waals surface area contributed by atoms with Crippen LogP contribution in [-0.4, -0.2) is 14.2 Å². The maximum Gasteiger partial charge on any atom is 0.146 e. The summed E-state index contributed by atoms with van der Waals surface area (Å²) in [5.74, 6) is 1.12. The molecule has 2 N–H and O–H groups in total. The van der Waals surface area contributed by atoms with E-state index in [1.165, 1.54) is 0 Å². The van der Waals surface area contributed by atoms with Gasteiger partial charge in [-0.1, -0.05) is 11.6 Å². The molecule has 0 aliphatic heterocycles. The molecule has 102 valence electrons. The molecule has 0 saturated heterocycles. The molecule has 1 heterocycles. The molecule has 0 aliphatic rings. The van der Waals surface area contributed by atoms with Gasteiger partial charge in [0.1, 0.15) is 16.5 Å². The predicted molar refractivity (Wildman–Crippen MR) is 82.6 cm³/mol. The van der Waals surface area contributed by atoms with Crippen molar-refractivity contribution >= 4 is 38.9 Å². The van der Waals surface area contributed by atoms with Gasteiger partial charge in [-0.3, -0.25) is 0 Å². The molecule has 2 aromatic rings. The van der Waals surface area contributed by atoms with E-state index in [2.05, 4.69) is 15.9 Å². The molecule has 0 bridgehead atoms. The normalized spacial score (nSPS) is 12.3. The molecule has 0 aliphatic carbocycles. The van der Waals surface area contributed by atoms with Crippen LogP contribution in [0.15, 0.2) is 28.1 Å². The van der Waals surface area contributed by atoms with Gasteiger partial charge in [-0.05, 0) is 40.2 Å². The van der Waals surface area contributed by atoms with Gasteiger partial charge in [0.05, 0.1) is 24.0 Å². The summed E-state index contributed by atoms with van der Waals surface area (Å²) in [5, 5.41) is 0.438. The van der Waals surface area contributed by atoms with Gasteiger partial charge in [-0.25, -0.2) is 0 Å². The predicted octanol–water partition coefficient (Wildman–Crippen LogP) is 4.23. The fourth-order valence-corrected chi connectivity index (χ4v) is 3.58. The van der Waals surface area contributed by atoms with Crippen molar-refractivity contribution in [3.63, 3.8) is 0 Å². The van der Waals surface area contributed by atoms with Crippen LogP contribution in [0.25, 0.3) is 0 Å².